The molecule has 4 unspecified atom stereocenters. The SMILES string of the molecule is OC1=C2OC3C(O)CC[C@@]4(O)[C@H]5CC(C=C1)C2[C@@]34CCN5CC1CCC1. The molecule has 3 N–H and O–H groups in total. The monoisotopic (exact) mass is 359 g/mol. The summed E-state index contributed by atoms with van der Waals surface area (Å²) in [6.45, 7) is 2.07. The molecule has 26 heavy (non-hydrogen) atoms. The maximum atomic E-state index is 12.1. The Morgan fingerprint density at radius 1 is 1.23 bits per heavy atom. The fourth-order valence-electron chi connectivity index (χ4n) is 7.44. The molecule has 2 saturated heterocycles. The van der Waals surface area contributed by atoms with E-state index in [1.54, 1.807) is 6.08 Å². The molecule has 2 heterocycles. The zero-order valence-corrected chi connectivity index (χ0v) is 15.2. The van der Waals surface area contributed by atoms with Crippen molar-refractivity contribution in [2.24, 2.45) is 23.2 Å². The lowest BCUT2D eigenvalue weighted by atomic mass is 9.44. The molecular weight excluding hydrogens is 330 g/mol. The highest BCUT2D eigenvalue weighted by Gasteiger charge is 2.76. The third-order valence-electron chi connectivity index (χ3n) is 8.78. The third-order valence-corrected chi connectivity index (χ3v) is 8.78. The number of hydrogen-bond donors (Lipinski definition) is 3. The molecule has 0 aromatic carbocycles. The number of ether oxygens (including phenoxy) is 1. The Morgan fingerprint density at radius 3 is 2.85 bits per heavy atom. The van der Waals surface area contributed by atoms with E-state index < -0.39 is 17.1 Å². The van der Waals surface area contributed by atoms with Crippen molar-refractivity contribution in [2.45, 2.75) is 68.8 Å². The molecule has 5 nitrogen and oxygen atoms in total. The van der Waals surface area contributed by atoms with Crippen LogP contribution in [0.5, 0.6) is 0 Å². The van der Waals surface area contributed by atoms with E-state index in [4.69, 9.17) is 4.74 Å². The first-order valence-electron chi connectivity index (χ1n) is 10.5. The fourth-order valence-corrected chi connectivity index (χ4v) is 7.44. The molecule has 2 bridgehead atoms. The molecule has 5 heteroatoms. The van der Waals surface area contributed by atoms with Crippen molar-refractivity contribution in [3.8, 4) is 0 Å². The van der Waals surface area contributed by atoms with Gasteiger partial charge in [-0.25, -0.2) is 0 Å². The smallest absolute Gasteiger partial charge is 0.153 e. The summed E-state index contributed by atoms with van der Waals surface area (Å²) < 4.78 is 6.21. The van der Waals surface area contributed by atoms with Crippen LogP contribution in [0.15, 0.2) is 23.7 Å². The molecule has 5 fully saturated rings. The largest absolute Gasteiger partial charge is 0.504 e. The van der Waals surface area contributed by atoms with Gasteiger partial charge in [0.2, 0.25) is 0 Å². The van der Waals surface area contributed by atoms with E-state index >= 15 is 0 Å². The Bertz CT molecular complexity index is 700. The molecule has 4 aliphatic carbocycles. The van der Waals surface area contributed by atoms with Crippen molar-refractivity contribution in [1.29, 1.82) is 0 Å². The van der Waals surface area contributed by atoms with Gasteiger partial charge in [0.05, 0.1) is 17.1 Å². The van der Waals surface area contributed by atoms with Crippen LogP contribution in [-0.2, 0) is 4.74 Å². The van der Waals surface area contributed by atoms with E-state index in [-0.39, 0.29) is 29.7 Å². The van der Waals surface area contributed by atoms with Crippen molar-refractivity contribution in [2.75, 3.05) is 13.1 Å². The minimum atomic E-state index is -0.826. The van der Waals surface area contributed by atoms with Gasteiger partial charge in [0, 0.05) is 18.5 Å². The highest BCUT2D eigenvalue weighted by atomic mass is 16.5. The zero-order valence-electron chi connectivity index (χ0n) is 15.2. The van der Waals surface area contributed by atoms with Crippen LogP contribution in [0.4, 0.5) is 0 Å². The van der Waals surface area contributed by atoms with Crippen LogP contribution < -0.4 is 0 Å². The van der Waals surface area contributed by atoms with Gasteiger partial charge in [-0.2, -0.15) is 0 Å². The molecule has 6 rings (SSSR count). The summed E-state index contributed by atoms with van der Waals surface area (Å²) in [6, 6.07) is 0.140. The topological polar surface area (TPSA) is 73.2 Å². The van der Waals surface area contributed by atoms with Crippen molar-refractivity contribution < 1.29 is 20.1 Å². The van der Waals surface area contributed by atoms with Gasteiger partial charge in [0.15, 0.2) is 5.76 Å². The lowest BCUT2D eigenvalue weighted by Gasteiger charge is -2.67. The van der Waals surface area contributed by atoms with E-state index in [0.29, 0.717) is 18.6 Å². The third kappa shape index (κ3) is 1.69. The Balaban J connectivity index is 1.46. The van der Waals surface area contributed by atoms with Crippen molar-refractivity contribution in [1.82, 2.24) is 4.90 Å². The first-order chi connectivity index (χ1) is 12.5. The summed E-state index contributed by atoms with van der Waals surface area (Å²) in [5.74, 6) is 1.91. The van der Waals surface area contributed by atoms with E-state index in [2.05, 4.69) is 11.0 Å². The lowest BCUT2D eigenvalue weighted by molar-refractivity contribution is -0.268. The number of aliphatic hydroxyl groups excluding tert-OH is 2. The maximum absolute atomic E-state index is 12.1. The molecular formula is C21H29NO4. The zero-order chi connectivity index (χ0) is 17.7. The number of hydrogen-bond acceptors (Lipinski definition) is 5. The summed E-state index contributed by atoms with van der Waals surface area (Å²) >= 11 is 0. The molecule has 142 valence electrons. The Hall–Kier alpha value is -1.04. The summed E-state index contributed by atoms with van der Waals surface area (Å²) in [6.07, 6.45) is 9.93. The normalized spacial score (nSPS) is 52.5. The van der Waals surface area contributed by atoms with Gasteiger partial charge in [-0.05, 0) is 63.0 Å². The van der Waals surface area contributed by atoms with E-state index in [1.165, 1.54) is 19.3 Å². The number of rotatable bonds is 2. The maximum Gasteiger partial charge on any atom is 0.153 e. The first kappa shape index (κ1) is 16.0. The van der Waals surface area contributed by atoms with Crippen LogP contribution in [0.2, 0.25) is 0 Å². The molecule has 3 saturated carbocycles. The van der Waals surface area contributed by atoms with Gasteiger partial charge in [-0.3, -0.25) is 4.90 Å². The highest BCUT2D eigenvalue weighted by molar-refractivity contribution is 5.38. The number of aliphatic hydroxyl groups is 3. The fraction of sp³-hybridized carbons (Fsp3) is 0.810. The van der Waals surface area contributed by atoms with Crippen molar-refractivity contribution in [3.05, 3.63) is 23.7 Å². The predicted octanol–water partition coefficient (Wildman–Crippen LogP) is 2.11. The average Bonchev–Trinajstić information content (AvgIpc) is 2.93. The Morgan fingerprint density at radius 2 is 2.08 bits per heavy atom. The van der Waals surface area contributed by atoms with Gasteiger partial charge in [-0.1, -0.05) is 12.5 Å². The second-order valence-electron chi connectivity index (χ2n) is 9.65. The van der Waals surface area contributed by atoms with Gasteiger partial charge >= 0.3 is 0 Å². The molecule has 0 aromatic rings. The van der Waals surface area contributed by atoms with Crippen LogP contribution in [-0.4, -0.2) is 57.2 Å². The average molecular weight is 359 g/mol. The minimum Gasteiger partial charge on any atom is -0.504 e. The van der Waals surface area contributed by atoms with Crippen LogP contribution in [0, 0.1) is 23.2 Å². The van der Waals surface area contributed by atoms with E-state index in [9.17, 15) is 15.3 Å². The summed E-state index contributed by atoms with van der Waals surface area (Å²) in [4.78, 5) is 2.56. The van der Waals surface area contributed by atoms with Gasteiger partial charge < -0.3 is 20.1 Å². The molecule has 2 aliphatic heterocycles. The molecule has 0 radical (unpaired) electrons. The van der Waals surface area contributed by atoms with Crippen molar-refractivity contribution in [3.63, 3.8) is 0 Å². The Kier molecular flexibility index (Phi) is 3.11. The number of piperidine rings is 1. The van der Waals surface area contributed by atoms with Crippen LogP contribution in [0.3, 0.4) is 0 Å². The standard InChI is InChI=1S/C21H29NO4/c23-14-5-4-13-10-16-21(25)7-6-15(24)19-20(21,17(13)18(14)26-19)8-9-22(16)11-12-2-1-3-12/h4-5,12-13,15-17,19,23-25H,1-3,6-11H2/t13?,15?,16-,17?,19?,20+,21-/m1/s1. The number of nitrogens with zero attached hydrogens (tertiary/aromatic N) is 1. The van der Waals surface area contributed by atoms with Crippen LogP contribution in [0.25, 0.3) is 0 Å². The quantitative estimate of drug-likeness (QED) is 0.704. The number of allylic oxidation sites excluding steroid dienone is 3. The summed E-state index contributed by atoms with van der Waals surface area (Å²) in [7, 11) is 0. The Labute approximate surface area is 154 Å². The van der Waals surface area contributed by atoms with Crippen LogP contribution >= 0.6 is 0 Å². The molecule has 7 atom stereocenters. The minimum absolute atomic E-state index is 0.0135. The molecule has 1 spiro atoms. The van der Waals surface area contributed by atoms with Crippen molar-refractivity contribution >= 4 is 0 Å². The second kappa shape index (κ2) is 5.06. The van der Waals surface area contributed by atoms with Crippen LogP contribution in [0.1, 0.15) is 44.9 Å². The van der Waals surface area contributed by atoms with E-state index in [0.717, 1.165) is 31.8 Å². The second-order valence-corrected chi connectivity index (χ2v) is 9.65. The summed E-state index contributed by atoms with van der Waals surface area (Å²) in [5, 5.41) is 33.3. The number of likely N-dealkylation sites (tertiary alicyclic amines) is 1. The highest BCUT2D eigenvalue weighted by Crippen LogP contribution is 2.69. The molecule has 0 amide bonds. The lowest BCUT2D eigenvalue weighted by Crippen LogP contribution is -2.77. The molecule has 6 aliphatic rings. The predicted molar refractivity (Wildman–Crippen MR) is 95.2 cm³/mol. The van der Waals surface area contributed by atoms with E-state index in [1.807, 2.05) is 0 Å². The first-order valence-corrected chi connectivity index (χ1v) is 10.5. The van der Waals surface area contributed by atoms with Gasteiger partial charge in [-0.15, -0.1) is 0 Å². The van der Waals surface area contributed by atoms with Gasteiger partial charge in [0.25, 0.3) is 0 Å². The summed E-state index contributed by atoms with van der Waals surface area (Å²) in [5.41, 5.74) is -1.28. The van der Waals surface area contributed by atoms with Gasteiger partial charge in [0.1, 0.15) is 11.9 Å². The molecule has 0 aromatic heterocycles.